The summed E-state index contributed by atoms with van der Waals surface area (Å²) in [5.41, 5.74) is 0.237. The molecule has 10 heteroatoms. The van der Waals surface area contributed by atoms with Crippen LogP contribution in [0.1, 0.15) is 47.1 Å². The Morgan fingerprint density at radius 1 is 1.16 bits per heavy atom. The van der Waals surface area contributed by atoms with Crippen molar-refractivity contribution in [3.8, 4) is 11.5 Å². The zero-order valence-corrected chi connectivity index (χ0v) is 18.0. The number of fused-ring (bicyclic) bond motifs is 1. The molecule has 0 amide bonds. The average molecular weight is 457 g/mol. The summed E-state index contributed by atoms with van der Waals surface area (Å²) in [5.74, 6) is -0.0303. The number of hydrogen-bond donors (Lipinski definition) is 0. The number of ether oxygens (including phenoxy) is 3. The van der Waals surface area contributed by atoms with Crippen LogP contribution in [0.5, 0.6) is 11.5 Å². The van der Waals surface area contributed by atoms with Crippen molar-refractivity contribution in [3.05, 3.63) is 58.0 Å². The molecule has 6 nitrogen and oxygen atoms in total. The number of nitrogens with zero attached hydrogens (tertiary/aromatic N) is 2. The van der Waals surface area contributed by atoms with Gasteiger partial charge in [0.2, 0.25) is 0 Å². The number of aromatic nitrogens is 2. The molecule has 0 saturated heterocycles. The van der Waals surface area contributed by atoms with Crippen LogP contribution in [0.4, 0.5) is 13.2 Å². The van der Waals surface area contributed by atoms with Crippen molar-refractivity contribution in [1.29, 1.82) is 0 Å². The van der Waals surface area contributed by atoms with E-state index in [-0.39, 0.29) is 28.8 Å². The van der Waals surface area contributed by atoms with Gasteiger partial charge >= 0.3 is 12.1 Å². The quantitative estimate of drug-likeness (QED) is 0.458. The minimum Gasteiger partial charge on any atom is -0.493 e. The molecule has 0 radical (unpaired) electrons. The Morgan fingerprint density at radius 3 is 2.42 bits per heavy atom. The van der Waals surface area contributed by atoms with Gasteiger partial charge in [0, 0.05) is 6.20 Å². The van der Waals surface area contributed by atoms with E-state index in [0.717, 1.165) is 12.3 Å². The van der Waals surface area contributed by atoms with E-state index < -0.39 is 17.7 Å². The van der Waals surface area contributed by atoms with Crippen LogP contribution in [0.2, 0.25) is 5.02 Å². The van der Waals surface area contributed by atoms with Crippen LogP contribution >= 0.6 is 11.6 Å². The Morgan fingerprint density at radius 2 is 1.84 bits per heavy atom. The fourth-order valence-electron chi connectivity index (χ4n) is 3.11. The number of pyridine rings is 1. The molecule has 0 unspecified atom stereocenters. The zero-order chi connectivity index (χ0) is 22.9. The van der Waals surface area contributed by atoms with Gasteiger partial charge in [-0.2, -0.15) is 13.2 Å². The number of halogens is 4. The lowest BCUT2D eigenvalue weighted by atomic mass is 10.1. The summed E-state index contributed by atoms with van der Waals surface area (Å²) in [6, 6.07) is 5.34. The highest BCUT2D eigenvalue weighted by Gasteiger charge is 2.32. The van der Waals surface area contributed by atoms with Crippen molar-refractivity contribution >= 4 is 23.2 Å². The molecule has 0 aliphatic carbocycles. The van der Waals surface area contributed by atoms with E-state index in [1.54, 1.807) is 6.07 Å². The third-order valence-electron chi connectivity index (χ3n) is 4.64. The van der Waals surface area contributed by atoms with Crippen molar-refractivity contribution in [2.45, 2.75) is 32.5 Å². The van der Waals surface area contributed by atoms with Crippen molar-refractivity contribution in [1.82, 2.24) is 9.38 Å². The van der Waals surface area contributed by atoms with E-state index in [4.69, 9.17) is 25.8 Å². The second kappa shape index (κ2) is 8.66. The summed E-state index contributed by atoms with van der Waals surface area (Å²) in [6.45, 7) is 3.37. The van der Waals surface area contributed by atoms with Crippen LogP contribution in [-0.2, 0) is 17.5 Å². The van der Waals surface area contributed by atoms with E-state index in [1.165, 1.54) is 30.8 Å². The normalized spacial score (nSPS) is 11.8. The van der Waals surface area contributed by atoms with Gasteiger partial charge < -0.3 is 14.2 Å². The molecule has 3 rings (SSSR count). The number of hydrogen-bond acceptors (Lipinski definition) is 5. The Bertz CT molecular complexity index is 1130. The maximum atomic E-state index is 13.3. The second-order valence-corrected chi connectivity index (χ2v) is 7.42. The lowest BCUT2D eigenvalue weighted by molar-refractivity contribution is -0.137. The molecule has 0 fully saturated rings. The van der Waals surface area contributed by atoms with Gasteiger partial charge in [0.25, 0.3) is 0 Å². The predicted molar refractivity (Wildman–Crippen MR) is 108 cm³/mol. The van der Waals surface area contributed by atoms with E-state index in [9.17, 15) is 18.0 Å². The van der Waals surface area contributed by atoms with Crippen LogP contribution in [0.3, 0.4) is 0 Å². The molecule has 3 aromatic rings. The molecule has 0 N–H and O–H groups in total. The van der Waals surface area contributed by atoms with Gasteiger partial charge in [-0.05, 0) is 30.2 Å². The number of alkyl halides is 3. The molecular weight excluding hydrogens is 437 g/mol. The second-order valence-electron chi connectivity index (χ2n) is 7.01. The summed E-state index contributed by atoms with van der Waals surface area (Å²) in [4.78, 5) is 16.9. The molecule has 166 valence electrons. The van der Waals surface area contributed by atoms with Crippen molar-refractivity contribution < 1.29 is 32.2 Å². The minimum atomic E-state index is -4.59. The van der Waals surface area contributed by atoms with Crippen molar-refractivity contribution in [2.75, 3.05) is 14.2 Å². The molecule has 31 heavy (non-hydrogen) atoms. The number of methoxy groups -OCH3 is 2. The number of benzene rings is 1. The topological polar surface area (TPSA) is 62.1 Å². The van der Waals surface area contributed by atoms with E-state index >= 15 is 0 Å². The maximum absolute atomic E-state index is 13.3. The summed E-state index contributed by atoms with van der Waals surface area (Å²) in [7, 11) is 2.90. The van der Waals surface area contributed by atoms with Crippen LogP contribution in [0.25, 0.3) is 5.65 Å². The summed E-state index contributed by atoms with van der Waals surface area (Å²) in [6.07, 6.45) is -3.69. The highest BCUT2D eigenvalue weighted by Crippen LogP contribution is 2.34. The number of imidazole rings is 1. The monoisotopic (exact) mass is 456 g/mol. The number of carbonyl (C=O) groups excluding carboxylic acids is 1. The first-order valence-electron chi connectivity index (χ1n) is 9.23. The smallest absolute Gasteiger partial charge is 0.417 e. The lowest BCUT2D eigenvalue weighted by Gasteiger charge is -2.12. The highest BCUT2D eigenvalue weighted by atomic mass is 35.5. The summed E-state index contributed by atoms with van der Waals surface area (Å²) >= 11 is 6.06. The lowest BCUT2D eigenvalue weighted by Crippen LogP contribution is -2.11. The largest absolute Gasteiger partial charge is 0.493 e. The molecule has 0 aliphatic rings. The van der Waals surface area contributed by atoms with Gasteiger partial charge in [0.15, 0.2) is 17.1 Å². The fourth-order valence-corrected chi connectivity index (χ4v) is 3.36. The standard InChI is InChI=1S/C21H20ClF3N2O4/c1-11(2)18-15(27-9-13(21(23,24)25)8-14(22)19(27)26-18)10-31-20(28)12-5-6-16(29-3)17(7-12)30-4/h5-9,11H,10H2,1-4H3. The fraction of sp³-hybridized carbons (Fsp3) is 0.333. The molecule has 0 atom stereocenters. The molecule has 2 heterocycles. The van der Waals surface area contributed by atoms with Gasteiger partial charge in [-0.3, -0.25) is 4.40 Å². The molecule has 0 saturated carbocycles. The van der Waals surface area contributed by atoms with Crippen LogP contribution < -0.4 is 9.47 Å². The van der Waals surface area contributed by atoms with Crippen molar-refractivity contribution in [3.63, 3.8) is 0 Å². The van der Waals surface area contributed by atoms with Gasteiger partial charge in [-0.1, -0.05) is 25.4 Å². The van der Waals surface area contributed by atoms with E-state index in [2.05, 4.69) is 4.98 Å². The van der Waals surface area contributed by atoms with Crippen LogP contribution in [0.15, 0.2) is 30.5 Å². The molecule has 2 aromatic heterocycles. The number of rotatable bonds is 6. The summed E-state index contributed by atoms with van der Waals surface area (Å²) < 4.78 is 56.7. The molecule has 0 aliphatic heterocycles. The predicted octanol–water partition coefficient (Wildman–Crippen LogP) is 5.50. The van der Waals surface area contributed by atoms with E-state index in [1.807, 2.05) is 13.8 Å². The highest BCUT2D eigenvalue weighted by molar-refractivity contribution is 6.33. The molecular formula is C21H20ClF3N2O4. The Kier molecular flexibility index (Phi) is 6.35. The molecule has 0 spiro atoms. The number of esters is 1. The Labute approximate surface area is 181 Å². The van der Waals surface area contributed by atoms with Gasteiger partial charge in [-0.25, -0.2) is 9.78 Å². The van der Waals surface area contributed by atoms with Crippen LogP contribution in [0, 0.1) is 0 Å². The maximum Gasteiger partial charge on any atom is 0.417 e. The van der Waals surface area contributed by atoms with Gasteiger partial charge in [0.05, 0.1) is 41.8 Å². The van der Waals surface area contributed by atoms with E-state index in [0.29, 0.717) is 22.9 Å². The van der Waals surface area contributed by atoms with Crippen molar-refractivity contribution in [2.24, 2.45) is 0 Å². The third kappa shape index (κ3) is 4.56. The SMILES string of the molecule is COc1ccc(C(=O)OCc2c(C(C)C)nc3c(Cl)cc(C(F)(F)F)cn23)cc1OC. The molecule has 1 aromatic carbocycles. The Balaban J connectivity index is 1.97. The summed E-state index contributed by atoms with van der Waals surface area (Å²) in [5, 5.41) is -0.144. The minimum absolute atomic E-state index is 0.139. The average Bonchev–Trinajstić information content (AvgIpc) is 3.10. The molecule has 0 bridgehead atoms. The van der Waals surface area contributed by atoms with Crippen LogP contribution in [-0.4, -0.2) is 29.6 Å². The first kappa shape index (κ1) is 22.7. The van der Waals surface area contributed by atoms with Gasteiger partial charge in [0.1, 0.15) is 6.61 Å². The first-order chi connectivity index (χ1) is 14.6. The number of carbonyl (C=O) groups is 1. The third-order valence-corrected chi connectivity index (χ3v) is 4.92. The van der Waals surface area contributed by atoms with Gasteiger partial charge in [-0.15, -0.1) is 0 Å². The first-order valence-corrected chi connectivity index (χ1v) is 9.61. The Hall–Kier alpha value is -2.94. The zero-order valence-electron chi connectivity index (χ0n) is 17.2.